The molecule has 0 aliphatic rings. The first-order valence-electron chi connectivity index (χ1n) is 7.58. The maximum Gasteiger partial charge on any atom is 0.295 e. The first kappa shape index (κ1) is 16.9. The number of halogens is 1. The highest BCUT2D eigenvalue weighted by atomic mass is 35.5. The third kappa shape index (κ3) is 3.77. The molecule has 0 saturated heterocycles. The zero-order chi connectivity index (χ0) is 18.0. The summed E-state index contributed by atoms with van der Waals surface area (Å²) in [6.07, 6.45) is 1.59. The molecule has 2 heterocycles. The predicted molar refractivity (Wildman–Crippen MR) is 97.6 cm³/mol. The zero-order valence-electron chi connectivity index (χ0n) is 14.1. The molecule has 0 spiro atoms. The smallest absolute Gasteiger partial charge is 0.295 e. The van der Waals surface area contributed by atoms with Crippen molar-refractivity contribution < 1.29 is 4.79 Å². The Labute approximate surface area is 150 Å². The minimum atomic E-state index is -0.393. The van der Waals surface area contributed by atoms with Crippen molar-refractivity contribution in [2.24, 2.45) is 0 Å². The summed E-state index contributed by atoms with van der Waals surface area (Å²) in [6, 6.07) is 10.8. The molecule has 0 aliphatic heterocycles. The molecule has 0 unspecified atom stereocenters. The van der Waals surface area contributed by atoms with E-state index in [4.69, 9.17) is 11.6 Å². The van der Waals surface area contributed by atoms with Crippen LogP contribution in [0.2, 0.25) is 5.02 Å². The monoisotopic (exact) mass is 356 g/mol. The number of aromatic nitrogens is 4. The second-order valence-electron chi connectivity index (χ2n) is 5.62. The lowest BCUT2D eigenvalue weighted by molar-refractivity contribution is 0.101. The third-order valence-electron chi connectivity index (χ3n) is 3.51. The molecule has 8 heteroatoms. The number of hydrogen-bond donors (Lipinski definition) is 1. The number of amides is 1. The highest BCUT2D eigenvalue weighted by molar-refractivity contribution is 6.30. The van der Waals surface area contributed by atoms with Crippen molar-refractivity contribution in [2.75, 3.05) is 24.3 Å². The summed E-state index contributed by atoms with van der Waals surface area (Å²) in [6.45, 7) is 1.78. The summed E-state index contributed by atoms with van der Waals surface area (Å²) >= 11 is 5.90. The van der Waals surface area contributed by atoms with Crippen LogP contribution >= 0.6 is 11.6 Å². The summed E-state index contributed by atoms with van der Waals surface area (Å²) in [5, 5.41) is 7.65. The van der Waals surface area contributed by atoms with Crippen LogP contribution in [0.15, 0.2) is 42.6 Å². The van der Waals surface area contributed by atoms with Gasteiger partial charge >= 0.3 is 0 Å². The lowest BCUT2D eigenvalue weighted by Gasteiger charge is -2.11. The first-order valence-corrected chi connectivity index (χ1v) is 7.96. The van der Waals surface area contributed by atoms with Gasteiger partial charge in [0.25, 0.3) is 5.91 Å². The van der Waals surface area contributed by atoms with Crippen molar-refractivity contribution in [2.45, 2.75) is 6.92 Å². The second-order valence-corrected chi connectivity index (χ2v) is 6.06. The Morgan fingerprint density at radius 3 is 2.48 bits per heavy atom. The lowest BCUT2D eigenvalue weighted by atomic mass is 10.3. The molecule has 25 heavy (non-hydrogen) atoms. The van der Waals surface area contributed by atoms with E-state index in [-0.39, 0.29) is 5.82 Å². The quantitative estimate of drug-likeness (QED) is 0.777. The molecule has 0 bridgehead atoms. The van der Waals surface area contributed by atoms with Crippen molar-refractivity contribution >= 4 is 29.0 Å². The molecule has 0 atom stereocenters. The van der Waals surface area contributed by atoms with Crippen LogP contribution in [0, 0.1) is 6.92 Å². The number of anilines is 2. The van der Waals surface area contributed by atoms with Crippen molar-refractivity contribution in [3.63, 3.8) is 0 Å². The molecule has 3 aromatic rings. The van der Waals surface area contributed by atoms with E-state index in [2.05, 4.69) is 20.4 Å². The van der Waals surface area contributed by atoms with E-state index >= 15 is 0 Å². The molecule has 0 fully saturated rings. The minimum Gasteiger partial charge on any atom is -0.363 e. The topological polar surface area (TPSA) is 75.9 Å². The van der Waals surface area contributed by atoms with Crippen molar-refractivity contribution in [3.05, 3.63) is 59.3 Å². The maximum atomic E-state index is 12.4. The van der Waals surface area contributed by atoms with E-state index in [0.29, 0.717) is 16.5 Å². The molecular weight excluding hydrogens is 340 g/mol. The van der Waals surface area contributed by atoms with Crippen molar-refractivity contribution in [1.82, 2.24) is 19.7 Å². The number of nitrogens with one attached hydrogen (secondary N) is 1. The number of hydrogen-bond acceptors (Lipinski definition) is 5. The fourth-order valence-corrected chi connectivity index (χ4v) is 2.35. The van der Waals surface area contributed by atoms with Crippen LogP contribution in [0.4, 0.5) is 11.5 Å². The van der Waals surface area contributed by atoms with E-state index in [9.17, 15) is 4.79 Å². The standard InChI is InChI=1S/C17H17ClN6O/c1-11-20-16(22-24(11)14-7-4-12(18)5-8-14)17(25)21-13-6-9-15(19-10-13)23(2)3/h4-10H,1-3H3,(H,21,25). The molecule has 0 radical (unpaired) electrons. The highest BCUT2D eigenvalue weighted by Crippen LogP contribution is 2.15. The molecule has 0 aliphatic carbocycles. The van der Waals surface area contributed by atoms with Crippen molar-refractivity contribution in [3.8, 4) is 5.69 Å². The molecule has 3 rings (SSSR count). The van der Waals surface area contributed by atoms with Gasteiger partial charge in [0.1, 0.15) is 11.6 Å². The first-order chi connectivity index (χ1) is 11.9. The molecule has 0 saturated carbocycles. The van der Waals surface area contributed by atoms with E-state index in [1.807, 2.05) is 37.2 Å². The van der Waals surface area contributed by atoms with Gasteiger partial charge in [0.15, 0.2) is 0 Å². The number of carbonyl (C=O) groups excluding carboxylic acids is 1. The van der Waals surface area contributed by atoms with Gasteiger partial charge in [-0.1, -0.05) is 11.6 Å². The van der Waals surface area contributed by atoms with Gasteiger partial charge in [0.05, 0.1) is 17.6 Å². The van der Waals surface area contributed by atoms with E-state index in [1.54, 1.807) is 36.0 Å². The highest BCUT2D eigenvalue weighted by Gasteiger charge is 2.15. The summed E-state index contributed by atoms with van der Waals surface area (Å²) < 4.78 is 1.60. The second kappa shape index (κ2) is 6.90. The minimum absolute atomic E-state index is 0.0872. The Bertz CT molecular complexity index is 887. The summed E-state index contributed by atoms with van der Waals surface area (Å²) in [5.74, 6) is 1.10. The number of benzene rings is 1. The van der Waals surface area contributed by atoms with Crippen LogP contribution in [0.1, 0.15) is 16.4 Å². The molecule has 128 valence electrons. The Kier molecular flexibility index (Phi) is 4.67. The van der Waals surface area contributed by atoms with Gasteiger partial charge in [-0.2, -0.15) is 0 Å². The van der Waals surface area contributed by atoms with Gasteiger partial charge in [-0.05, 0) is 43.3 Å². The van der Waals surface area contributed by atoms with Crippen LogP contribution < -0.4 is 10.2 Å². The Hall–Kier alpha value is -2.93. The van der Waals surface area contributed by atoms with Crippen LogP contribution in [0.5, 0.6) is 0 Å². The van der Waals surface area contributed by atoms with Crippen LogP contribution in [-0.2, 0) is 0 Å². The average molecular weight is 357 g/mol. The number of carbonyl (C=O) groups is 1. The van der Waals surface area contributed by atoms with Gasteiger partial charge in [-0.15, -0.1) is 5.10 Å². The average Bonchev–Trinajstić information content (AvgIpc) is 2.98. The zero-order valence-corrected chi connectivity index (χ0v) is 14.8. The largest absolute Gasteiger partial charge is 0.363 e. The van der Waals surface area contributed by atoms with Crippen molar-refractivity contribution in [1.29, 1.82) is 0 Å². The van der Waals surface area contributed by atoms with Gasteiger partial charge in [0, 0.05) is 19.1 Å². The van der Waals surface area contributed by atoms with Crippen LogP contribution in [-0.4, -0.2) is 39.8 Å². The summed E-state index contributed by atoms with van der Waals surface area (Å²) in [5.41, 5.74) is 1.36. The van der Waals surface area contributed by atoms with E-state index < -0.39 is 5.91 Å². The Morgan fingerprint density at radius 1 is 1.16 bits per heavy atom. The fourth-order valence-electron chi connectivity index (χ4n) is 2.22. The van der Waals surface area contributed by atoms with E-state index in [0.717, 1.165) is 11.5 Å². The number of pyridine rings is 1. The lowest BCUT2D eigenvalue weighted by Crippen LogP contribution is -2.15. The maximum absolute atomic E-state index is 12.4. The van der Waals surface area contributed by atoms with Gasteiger partial charge < -0.3 is 10.2 Å². The molecule has 1 aromatic carbocycles. The molecule has 1 N–H and O–H groups in total. The Morgan fingerprint density at radius 2 is 1.88 bits per heavy atom. The Balaban J connectivity index is 1.79. The normalized spacial score (nSPS) is 10.6. The van der Waals surface area contributed by atoms with Gasteiger partial charge in [-0.25, -0.2) is 14.6 Å². The molecular formula is C17H17ClN6O. The molecule has 1 amide bonds. The van der Waals surface area contributed by atoms with E-state index in [1.165, 1.54) is 0 Å². The van der Waals surface area contributed by atoms with Crippen LogP contribution in [0.25, 0.3) is 5.69 Å². The number of aryl methyl sites for hydroxylation is 1. The third-order valence-corrected chi connectivity index (χ3v) is 3.76. The fraction of sp³-hybridized carbons (Fsp3) is 0.176. The summed E-state index contributed by atoms with van der Waals surface area (Å²) in [4.78, 5) is 22.7. The number of nitrogens with zero attached hydrogens (tertiary/aromatic N) is 5. The predicted octanol–water partition coefficient (Wildman–Crippen LogP) is 2.94. The SMILES string of the molecule is Cc1nc(C(=O)Nc2ccc(N(C)C)nc2)nn1-c1ccc(Cl)cc1. The van der Waals surface area contributed by atoms with Gasteiger partial charge in [0.2, 0.25) is 5.82 Å². The van der Waals surface area contributed by atoms with Crippen LogP contribution in [0.3, 0.4) is 0 Å². The summed E-state index contributed by atoms with van der Waals surface area (Å²) in [7, 11) is 3.80. The molecule has 2 aromatic heterocycles. The number of rotatable bonds is 4. The van der Waals surface area contributed by atoms with Gasteiger partial charge in [-0.3, -0.25) is 4.79 Å². The molecule has 7 nitrogen and oxygen atoms in total.